The molecule has 0 aliphatic carbocycles. The van der Waals surface area contributed by atoms with E-state index in [4.69, 9.17) is 20.4 Å². The third kappa shape index (κ3) is 4.69. The van der Waals surface area contributed by atoms with Gasteiger partial charge in [-0.1, -0.05) is 0 Å². The highest BCUT2D eigenvalue weighted by Crippen LogP contribution is 2.27. The average Bonchev–Trinajstić information content (AvgIpc) is 3.23. The van der Waals surface area contributed by atoms with Gasteiger partial charge in [0, 0.05) is 70.0 Å². The Labute approximate surface area is 197 Å². The van der Waals surface area contributed by atoms with Crippen LogP contribution in [0.25, 0.3) is 16.9 Å². The molecule has 5 rings (SSSR count). The second-order valence-electron chi connectivity index (χ2n) is 8.54. The number of sulfonamides is 1. The first-order valence-electron chi connectivity index (χ1n) is 11.1. The lowest BCUT2D eigenvalue weighted by atomic mass is 10.2. The molecule has 5 heterocycles. The number of ether oxygens (including phenoxy) is 1. The van der Waals surface area contributed by atoms with Gasteiger partial charge in [0.05, 0.1) is 30.9 Å². The Balaban J connectivity index is 1.46. The van der Waals surface area contributed by atoms with Crippen LogP contribution in [0.1, 0.15) is 5.69 Å². The number of piperazine rings is 1. The molecule has 34 heavy (non-hydrogen) atoms. The highest BCUT2D eigenvalue weighted by atomic mass is 32.2. The summed E-state index contributed by atoms with van der Waals surface area (Å²) in [5.41, 5.74) is 8.19. The van der Waals surface area contributed by atoms with Crippen LogP contribution in [0.3, 0.4) is 0 Å². The van der Waals surface area contributed by atoms with Crippen LogP contribution in [0.2, 0.25) is 0 Å². The highest BCUT2D eigenvalue weighted by Gasteiger charge is 2.25. The standard InChI is InChI=1S/C21H27FN8O3S/c1-34(31,32)30-4-2-27(3-5-30)12-16-13-29-14-18(15-10-17(22)19(23)24-11-15)26-21(20(29)25-16)28-6-8-33-9-7-28/h10-11,13-14H,2-9,12H2,1H3,(H2,23,24). The SMILES string of the molecule is CS(=O)(=O)N1CCN(Cc2cn3cc(-c4cnc(N)c(F)c4)nc(N4CCOCC4)c3n2)CC1. The van der Waals surface area contributed by atoms with Crippen molar-refractivity contribution in [2.45, 2.75) is 6.54 Å². The molecule has 0 radical (unpaired) electrons. The number of hydrogen-bond donors (Lipinski definition) is 1. The summed E-state index contributed by atoms with van der Waals surface area (Å²) in [5, 5.41) is 0. The summed E-state index contributed by atoms with van der Waals surface area (Å²) in [7, 11) is -3.17. The smallest absolute Gasteiger partial charge is 0.211 e. The normalized spacial score (nSPS) is 18.6. The van der Waals surface area contributed by atoms with Gasteiger partial charge < -0.3 is 19.8 Å². The van der Waals surface area contributed by atoms with Gasteiger partial charge in [-0.3, -0.25) is 4.90 Å². The Hall–Kier alpha value is -2.87. The predicted octanol–water partition coefficient (Wildman–Crippen LogP) is 0.426. The van der Waals surface area contributed by atoms with E-state index in [0.717, 1.165) is 5.69 Å². The van der Waals surface area contributed by atoms with Crippen molar-refractivity contribution in [2.75, 3.05) is 69.4 Å². The Bertz CT molecular complexity index is 1300. The van der Waals surface area contributed by atoms with E-state index in [1.807, 2.05) is 16.8 Å². The molecule has 13 heteroatoms. The zero-order valence-electron chi connectivity index (χ0n) is 18.9. The molecular formula is C21H27FN8O3S. The topological polar surface area (TPSA) is 122 Å². The Morgan fingerprint density at radius 2 is 1.82 bits per heavy atom. The molecule has 0 amide bonds. The first-order valence-corrected chi connectivity index (χ1v) is 12.9. The van der Waals surface area contributed by atoms with Crippen LogP contribution in [-0.2, 0) is 21.3 Å². The first kappa shape index (κ1) is 22.9. The fraction of sp³-hybridized carbons (Fsp3) is 0.476. The van der Waals surface area contributed by atoms with Crippen molar-refractivity contribution >= 4 is 27.3 Å². The largest absolute Gasteiger partial charge is 0.381 e. The van der Waals surface area contributed by atoms with Gasteiger partial charge in [-0.2, -0.15) is 4.31 Å². The number of nitrogens with two attached hydrogens (primary N) is 1. The lowest BCUT2D eigenvalue weighted by Crippen LogP contribution is -2.47. The minimum absolute atomic E-state index is 0.154. The monoisotopic (exact) mass is 490 g/mol. The van der Waals surface area contributed by atoms with Crippen molar-refractivity contribution in [3.05, 3.63) is 36.2 Å². The molecule has 182 valence electrons. The van der Waals surface area contributed by atoms with E-state index in [0.29, 0.717) is 81.7 Å². The predicted molar refractivity (Wildman–Crippen MR) is 125 cm³/mol. The third-order valence-electron chi connectivity index (χ3n) is 6.13. The molecule has 0 aromatic carbocycles. The minimum atomic E-state index is -3.17. The van der Waals surface area contributed by atoms with Gasteiger partial charge in [0.15, 0.2) is 23.1 Å². The van der Waals surface area contributed by atoms with Gasteiger partial charge in [-0.05, 0) is 6.07 Å². The van der Waals surface area contributed by atoms with Gasteiger partial charge in [0.25, 0.3) is 0 Å². The van der Waals surface area contributed by atoms with Crippen molar-refractivity contribution in [2.24, 2.45) is 0 Å². The van der Waals surface area contributed by atoms with Gasteiger partial charge in [0.1, 0.15) is 0 Å². The summed E-state index contributed by atoms with van der Waals surface area (Å²) in [6.07, 6.45) is 6.50. The van der Waals surface area contributed by atoms with E-state index in [2.05, 4.69) is 14.8 Å². The molecule has 2 N–H and O–H groups in total. The van der Waals surface area contributed by atoms with Crippen LogP contribution in [0.5, 0.6) is 0 Å². The molecule has 2 saturated heterocycles. The lowest BCUT2D eigenvalue weighted by Gasteiger charge is -2.32. The lowest BCUT2D eigenvalue weighted by molar-refractivity contribution is 0.122. The zero-order chi connectivity index (χ0) is 23.9. The molecule has 2 aliphatic heterocycles. The summed E-state index contributed by atoms with van der Waals surface area (Å²) >= 11 is 0. The number of nitrogens with zero attached hydrogens (tertiary/aromatic N) is 7. The highest BCUT2D eigenvalue weighted by molar-refractivity contribution is 7.88. The number of imidazole rings is 1. The van der Waals surface area contributed by atoms with Gasteiger partial charge >= 0.3 is 0 Å². The van der Waals surface area contributed by atoms with Crippen molar-refractivity contribution < 1.29 is 17.5 Å². The number of rotatable bonds is 5. The minimum Gasteiger partial charge on any atom is -0.381 e. The summed E-state index contributed by atoms with van der Waals surface area (Å²) in [6, 6.07) is 1.33. The second-order valence-corrected chi connectivity index (χ2v) is 10.5. The maximum Gasteiger partial charge on any atom is 0.211 e. The molecule has 0 saturated carbocycles. The molecule has 0 atom stereocenters. The van der Waals surface area contributed by atoms with Gasteiger partial charge in [-0.25, -0.2) is 27.8 Å². The summed E-state index contributed by atoms with van der Waals surface area (Å²) in [6.45, 7) is 5.33. The Kier molecular flexibility index (Phi) is 6.10. The van der Waals surface area contributed by atoms with Crippen molar-refractivity contribution in [3.8, 4) is 11.3 Å². The molecule has 11 nitrogen and oxygen atoms in total. The second kappa shape index (κ2) is 9.06. The van der Waals surface area contributed by atoms with Crippen LogP contribution >= 0.6 is 0 Å². The van der Waals surface area contributed by atoms with Crippen LogP contribution < -0.4 is 10.6 Å². The van der Waals surface area contributed by atoms with Crippen LogP contribution in [0.15, 0.2) is 24.7 Å². The quantitative estimate of drug-likeness (QED) is 0.542. The molecule has 3 aromatic heterocycles. The number of nitrogen functional groups attached to an aromatic ring is 1. The third-order valence-corrected chi connectivity index (χ3v) is 7.43. The molecular weight excluding hydrogens is 463 g/mol. The number of fused-ring (bicyclic) bond motifs is 1. The molecule has 0 bridgehead atoms. The summed E-state index contributed by atoms with van der Waals surface area (Å²) in [5.74, 6) is -0.0443. The van der Waals surface area contributed by atoms with Gasteiger partial charge in [-0.15, -0.1) is 0 Å². The maximum atomic E-state index is 14.1. The van der Waals surface area contributed by atoms with E-state index < -0.39 is 15.8 Å². The van der Waals surface area contributed by atoms with Crippen LogP contribution in [0, 0.1) is 5.82 Å². The van der Waals surface area contributed by atoms with E-state index >= 15 is 0 Å². The Morgan fingerprint density at radius 1 is 1.09 bits per heavy atom. The number of pyridine rings is 1. The number of aromatic nitrogens is 4. The van der Waals surface area contributed by atoms with E-state index in [9.17, 15) is 12.8 Å². The van der Waals surface area contributed by atoms with Crippen LogP contribution in [0.4, 0.5) is 16.0 Å². The molecule has 2 fully saturated rings. The molecule has 3 aromatic rings. The first-order chi connectivity index (χ1) is 16.3. The molecule has 0 unspecified atom stereocenters. The average molecular weight is 491 g/mol. The number of halogens is 1. The number of morpholine rings is 1. The molecule has 2 aliphatic rings. The van der Waals surface area contributed by atoms with Crippen molar-refractivity contribution in [1.29, 1.82) is 0 Å². The maximum absolute atomic E-state index is 14.1. The molecule has 0 spiro atoms. The fourth-order valence-electron chi connectivity index (χ4n) is 4.27. The van der Waals surface area contributed by atoms with Crippen LogP contribution in [-0.4, -0.2) is 95.7 Å². The van der Waals surface area contributed by atoms with Gasteiger partial charge in [0.2, 0.25) is 10.0 Å². The zero-order valence-corrected chi connectivity index (χ0v) is 19.7. The number of hydrogen-bond acceptors (Lipinski definition) is 9. The van der Waals surface area contributed by atoms with Crippen molar-refractivity contribution in [1.82, 2.24) is 28.6 Å². The van der Waals surface area contributed by atoms with E-state index in [-0.39, 0.29) is 5.82 Å². The summed E-state index contributed by atoms with van der Waals surface area (Å²) < 4.78 is 46.6. The van der Waals surface area contributed by atoms with Crippen molar-refractivity contribution in [3.63, 3.8) is 0 Å². The summed E-state index contributed by atoms with van der Waals surface area (Å²) in [4.78, 5) is 17.9. The van der Waals surface area contributed by atoms with E-state index in [1.165, 1.54) is 22.8 Å². The fourth-order valence-corrected chi connectivity index (χ4v) is 5.10. The Morgan fingerprint density at radius 3 is 2.50 bits per heavy atom. The number of anilines is 2. The van der Waals surface area contributed by atoms with E-state index in [1.54, 1.807) is 0 Å².